The molecule has 1 saturated carbocycles. The van der Waals surface area contributed by atoms with Crippen molar-refractivity contribution in [3.8, 4) is 0 Å². The van der Waals surface area contributed by atoms with Gasteiger partial charge >= 0.3 is 0 Å². The Bertz CT molecular complexity index is 363. The number of hydrogen-bond acceptors (Lipinski definition) is 3. The normalized spacial score (nSPS) is 35.4. The Morgan fingerprint density at radius 3 is 2.65 bits per heavy atom. The summed E-state index contributed by atoms with van der Waals surface area (Å²) in [6.45, 7) is 3.89. The molecule has 0 bridgehead atoms. The maximum atomic E-state index is 13.1. The third-order valence-corrected chi connectivity index (χ3v) is 5.95. The van der Waals surface area contributed by atoms with Gasteiger partial charge in [-0.3, -0.25) is 4.79 Å². The van der Waals surface area contributed by atoms with Crippen LogP contribution in [0.4, 0.5) is 0 Å². The standard InChI is InChI=1S/C16H29N3O/c1-18(2)14-6-9-19(10-7-14)15(20)16-8-4-3-5-13(16)11-17-12-16/h13-14,17H,3-12H2,1-2H3/t13-,16+/m0/s1. The fourth-order valence-corrected chi connectivity index (χ4v) is 4.57. The van der Waals surface area contributed by atoms with Gasteiger partial charge in [-0.15, -0.1) is 0 Å². The highest BCUT2D eigenvalue weighted by Crippen LogP contribution is 2.45. The molecule has 3 aliphatic rings. The molecule has 2 aliphatic heterocycles. The summed E-state index contributed by atoms with van der Waals surface area (Å²) in [6.07, 6.45) is 7.16. The number of amides is 1. The summed E-state index contributed by atoms with van der Waals surface area (Å²) in [5, 5.41) is 3.50. The Morgan fingerprint density at radius 2 is 1.95 bits per heavy atom. The number of likely N-dealkylation sites (tertiary alicyclic amines) is 1. The van der Waals surface area contributed by atoms with Crippen LogP contribution in [0.1, 0.15) is 38.5 Å². The molecular weight excluding hydrogens is 250 g/mol. The van der Waals surface area contributed by atoms with E-state index in [0.717, 1.165) is 45.4 Å². The van der Waals surface area contributed by atoms with Gasteiger partial charge in [0.25, 0.3) is 0 Å². The molecule has 4 nitrogen and oxygen atoms in total. The number of piperidine rings is 1. The van der Waals surface area contributed by atoms with E-state index in [0.29, 0.717) is 17.9 Å². The minimum atomic E-state index is -0.0524. The number of hydrogen-bond donors (Lipinski definition) is 1. The summed E-state index contributed by atoms with van der Waals surface area (Å²) in [5.41, 5.74) is -0.0524. The van der Waals surface area contributed by atoms with Crippen molar-refractivity contribution in [1.29, 1.82) is 0 Å². The lowest BCUT2D eigenvalue weighted by atomic mass is 9.67. The highest BCUT2D eigenvalue weighted by atomic mass is 16.2. The van der Waals surface area contributed by atoms with E-state index in [2.05, 4.69) is 29.2 Å². The molecule has 4 heteroatoms. The molecule has 1 amide bonds. The second kappa shape index (κ2) is 5.64. The maximum absolute atomic E-state index is 13.1. The summed E-state index contributed by atoms with van der Waals surface area (Å²) in [6, 6.07) is 0.653. The van der Waals surface area contributed by atoms with Crippen LogP contribution in [0.5, 0.6) is 0 Å². The minimum Gasteiger partial charge on any atom is -0.342 e. The van der Waals surface area contributed by atoms with Crippen LogP contribution in [0.3, 0.4) is 0 Å². The van der Waals surface area contributed by atoms with Crippen molar-refractivity contribution in [3.63, 3.8) is 0 Å². The zero-order valence-corrected chi connectivity index (χ0v) is 13.0. The molecule has 1 aliphatic carbocycles. The molecule has 0 radical (unpaired) electrons. The van der Waals surface area contributed by atoms with Gasteiger partial charge in [0.05, 0.1) is 5.41 Å². The predicted octanol–water partition coefficient (Wildman–Crippen LogP) is 1.32. The first-order chi connectivity index (χ1) is 9.63. The van der Waals surface area contributed by atoms with Gasteiger partial charge in [0.15, 0.2) is 0 Å². The van der Waals surface area contributed by atoms with Crippen molar-refractivity contribution in [2.45, 2.75) is 44.6 Å². The van der Waals surface area contributed by atoms with Gasteiger partial charge in [-0.1, -0.05) is 12.8 Å². The SMILES string of the molecule is CN(C)C1CCN(C(=O)[C@@]23CCCC[C@H]2CNC3)CC1. The molecule has 2 saturated heterocycles. The number of rotatable bonds is 2. The molecule has 2 atom stereocenters. The van der Waals surface area contributed by atoms with Gasteiger partial charge in [-0.05, 0) is 52.2 Å². The Morgan fingerprint density at radius 1 is 1.20 bits per heavy atom. The first-order valence-electron chi connectivity index (χ1n) is 8.30. The van der Waals surface area contributed by atoms with Gasteiger partial charge in [0.1, 0.15) is 0 Å². The van der Waals surface area contributed by atoms with Crippen LogP contribution in [0.25, 0.3) is 0 Å². The van der Waals surface area contributed by atoms with Gasteiger partial charge in [0, 0.05) is 25.7 Å². The van der Waals surface area contributed by atoms with Crippen molar-refractivity contribution in [3.05, 3.63) is 0 Å². The average molecular weight is 279 g/mol. The molecule has 2 heterocycles. The molecule has 0 aromatic heterocycles. The van der Waals surface area contributed by atoms with E-state index in [4.69, 9.17) is 0 Å². The van der Waals surface area contributed by atoms with Crippen molar-refractivity contribution in [2.24, 2.45) is 11.3 Å². The maximum Gasteiger partial charge on any atom is 0.230 e. The van der Waals surface area contributed by atoms with Gasteiger partial charge < -0.3 is 15.1 Å². The topological polar surface area (TPSA) is 35.6 Å². The van der Waals surface area contributed by atoms with Crippen LogP contribution in [-0.2, 0) is 4.79 Å². The molecule has 20 heavy (non-hydrogen) atoms. The first kappa shape index (κ1) is 14.3. The van der Waals surface area contributed by atoms with Crippen LogP contribution in [0.2, 0.25) is 0 Å². The number of carbonyl (C=O) groups is 1. The summed E-state index contributed by atoms with van der Waals surface area (Å²) >= 11 is 0. The molecule has 114 valence electrons. The minimum absolute atomic E-state index is 0.0524. The second-order valence-electron chi connectivity index (χ2n) is 7.22. The Labute approximate surface area is 122 Å². The Hall–Kier alpha value is -0.610. The van der Waals surface area contributed by atoms with Crippen LogP contribution < -0.4 is 5.32 Å². The fraction of sp³-hybridized carbons (Fsp3) is 0.938. The van der Waals surface area contributed by atoms with E-state index in [-0.39, 0.29) is 5.41 Å². The number of carbonyl (C=O) groups excluding carboxylic acids is 1. The number of fused-ring (bicyclic) bond motifs is 1. The van der Waals surface area contributed by atoms with E-state index in [1.165, 1.54) is 19.3 Å². The molecule has 3 rings (SSSR count). The lowest BCUT2D eigenvalue weighted by Gasteiger charge is -2.43. The van der Waals surface area contributed by atoms with Crippen LogP contribution >= 0.6 is 0 Å². The van der Waals surface area contributed by atoms with Gasteiger partial charge in [-0.2, -0.15) is 0 Å². The lowest BCUT2D eigenvalue weighted by molar-refractivity contribution is -0.147. The fourth-order valence-electron chi connectivity index (χ4n) is 4.57. The lowest BCUT2D eigenvalue weighted by Crippen LogP contribution is -2.53. The van der Waals surface area contributed by atoms with E-state index < -0.39 is 0 Å². The van der Waals surface area contributed by atoms with E-state index >= 15 is 0 Å². The third-order valence-electron chi connectivity index (χ3n) is 5.95. The summed E-state index contributed by atoms with van der Waals surface area (Å²) < 4.78 is 0. The predicted molar refractivity (Wildman–Crippen MR) is 80.5 cm³/mol. The Kier molecular flexibility index (Phi) is 4.04. The van der Waals surface area contributed by atoms with E-state index in [1.807, 2.05) is 0 Å². The summed E-state index contributed by atoms with van der Waals surface area (Å²) in [5.74, 6) is 1.06. The molecule has 0 aromatic carbocycles. The highest BCUT2D eigenvalue weighted by molar-refractivity contribution is 5.84. The van der Waals surface area contributed by atoms with Crippen molar-refractivity contribution in [2.75, 3.05) is 40.3 Å². The van der Waals surface area contributed by atoms with Crippen molar-refractivity contribution < 1.29 is 4.79 Å². The molecule has 3 fully saturated rings. The molecule has 0 aromatic rings. The van der Waals surface area contributed by atoms with Crippen LogP contribution in [0.15, 0.2) is 0 Å². The van der Waals surface area contributed by atoms with Crippen LogP contribution in [-0.4, -0.2) is 62.0 Å². The Balaban J connectivity index is 1.67. The summed E-state index contributed by atoms with van der Waals surface area (Å²) in [7, 11) is 4.30. The molecule has 1 N–H and O–H groups in total. The monoisotopic (exact) mass is 279 g/mol. The number of nitrogens with zero attached hydrogens (tertiary/aromatic N) is 2. The van der Waals surface area contributed by atoms with Gasteiger partial charge in [0.2, 0.25) is 5.91 Å². The molecule has 0 unspecified atom stereocenters. The van der Waals surface area contributed by atoms with Crippen molar-refractivity contribution >= 4 is 5.91 Å². The van der Waals surface area contributed by atoms with Crippen LogP contribution in [0, 0.1) is 11.3 Å². The smallest absolute Gasteiger partial charge is 0.230 e. The molecule has 0 spiro atoms. The average Bonchev–Trinajstić information content (AvgIpc) is 2.91. The third kappa shape index (κ3) is 2.37. The zero-order valence-electron chi connectivity index (χ0n) is 13.0. The zero-order chi connectivity index (χ0) is 14.2. The van der Waals surface area contributed by atoms with E-state index in [9.17, 15) is 4.79 Å². The summed E-state index contributed by atoms with van der Waals surface area (Å²) in [4.78, 5) is 17.6. The largest absolute Gasteiger partial charge is 0.342 e. The molecular formula is C16H29N3O. The first-order valence-corrected chi connectivity index (χ1v) is 8.30. The van der Waals surface area contributed by atoms with Crippen molar-refractivity contribution in [1.82, 2.24) is 15.1 Å². The second-order valence-corrected chi connectivity index (χ2v) is 7.22. The highest BCUT2D eigenvalue weighted by Gasteiger charge is 2.51. The number of nitrogens with one attached hydrogen (secondary N) is 1. The quantitative estimate of drug-likeness (QED) is 0.828. The van der Waals surface area contributed by atoms with Gasteiger partial charge in [-0.25, -0.2) is 0 Å². The van der Waals surface area contributed by atoms with E-state index in [1.54, 1.807) is 0 Å².